The standard InChI is InChI=1S/C7H11NO3S/c9-7-5-3-1-2-4-6(5)12(10,11)8-7/h5-6H,1-4H2,(H,8,9). The fraction of sp³-hybridized carbons (Fsp3) is 0.857. The molecule has 1 aliphatic carbocycles. The number of sulfonamides is 1. The summed E-state index contributed by atoms with van der Waals surface area (Å²) < 4.78 is 24.6. The number of rotatable bonds is 0. The second-order valence-corrected chi connectivity index (χ2v) is 5.34. The molecule has 0 aromatic carbocycles. The molecular formula is C7H11NO3S. The van der Waals surface area contributed by atoms with Crippen LogP contribution in [0.25, 0.3) is 0 Å². The smallest absolute Gasteiger partial charge is 0.238 e. The maximum absolute atomic E-state index is 11.3. The molecule has 0 aromatic rings. The highest BCUT2D eigenvalue weighted by atomic mass is 32.2. The van der Waals surface area contributed by atoms with E-state index in [0.717, 1.165) is 19.3 Å². The molecule has 1 heterocycles. The number of hydrogen-bond donors (Lipinski definition) is 1. The van der Waals surface area contributed by atoms with E-state index in [1.165, 1.54) is 0 Å². The highest BCUT2D eigenvalue weighted by molar-refractivity contribution is 7.91. The summed E-state index contributed by atoms with van der Waals surface area (Å²) in [5, 5.41) is -0.432. The van der Waals surface area contributed by atoms with Crippen molar-refractivity contribution in [3.05, 3.63) is 0 Å². The first kappa shape index (κ1) is 8.04. The minimum atomic E-state index is -3.30. The van der Waals surface area contributed by atoms with Gasteiger partial charge in [-0.1, -0.05) is 12.8 Å². The van der Waals surface area contributed by atoms with E-state index in [1.54, 1.807) is 0 Å². The SMILES string of the molecule is O=C1NS(=O)(=O)C2CCCCC12. The largest absolute Gasteiger partial charge is 0.274 e. The number of hydrogen-bond acceptors (Lipinski definition) is 3. The Morgan fingerprint density at radius 3 is 2.58 bits per heavy atom. The van der Waals surface area contributed by atoms with Crippen LogP contribution in [0.1, 0.15) is 25.7 Å². The van der Waals surface area contributed by atoms with Gasteiger partial charge in [-0.05, 0) is 12.8 Å². The van der Waals surface area contributed by atoms with Gasteiger partial charge in [-0.3, -0.25) is 9.52 Å². The molecule has 5 heteroatoms. The van der Waals surface area contributed by atoms with Gasteiger partial charge >= 0.3 is 0 Å². The average Bonchev–Trinajstić information content (AvgIpc) is 2.25. The first-order chi connectivity index (χ1) is 5.61. The summed E-state index contributed by atoms with van der Waals surface area (Å²) in [6.45, 7) is 0. The van der Waals surface area contributed by atoms with Crippen molar-refractivity contribution in [3.63, 3.8) is 0 Å². The lowest BCUT2D eigenvalue weighted by Gasteiger charge is -2.19. The van der Waals surface area contributed by atoms with Crippen LogP contribution >= 0.6 is 0 Å². The number of amides is 1. The molecule has 2 fully saturated rings. The van der Waals surface area contributed by atoms with Crippen molar-refractivity contribution in [2.24, 2.45) is 5.92 Å². The third kappa shape index (κ3) is 1.03. The van der Waals surface area contributed by atoms with Crippen molar-refractivity contribution >= 4 is 15.9 Å². The number of nitrogens with one attached hydrogen (secondary N) is 1. The Kier molecular flexibility index (Phi) is 1.64. The summed E-state index contributed by atoms with van der Waals surface area (Å²) in [5.41, 5.74) is 0. The minimum absolute atomic E-state index is 0.260. The van der Waals surface area contributed by atoms with E-state index in [1.807, 2.05) is 0 Å². The molecular weight excluding hydrogens is 178 g/mol. The van der Waals surface area contributed by atoms with Crippen LogP contribution < -0.4 is 4.72 Å². The zero-order chi connectivity index (χ0) is 8.77. The predicted octanol–water partition coefficient (Wildman–Crippen LogP) is 0.00480. The van der Waals surface area contributed by atoms with Crippen LogP contribution in [-0.4, -0.2) is 19.6 Å². The zero-order valence-corrected chi connectivity index (χ0v) is 7.43. The Hall–Kier alpha value is -0.580. The second-order valence-electron chi connectivity index (χ2n) is 3.44. The molecule has 1 saturated carbocycles. The van der Waals surface area contributed by atoms with Gasteiger partial charge in [0.1, 0.15) is 0 Å². The minimum Gasteiger partial charge on any atom is -0.274 e. The number of fused-ring (bicyclic) bond motifs is 1. The van der Waals surface area contributed by atoms with E-state index in [2.05, 4.69) is 4.72 Å². The van der Waals surface area contributed by atoms with Crippen molar-refractivity contribution in [2.75, 3.05) is 0 Å². The van der Waals surface area contributed by atoms with Crippen molar-refractivity contribution in [1.29, 1.82) is 0 Å². The van der Waals surface area contributed by atoms with Crippen LogP contribution in [0.15, 0.2) is 0 Å². The summed E-state index contributed by atoms with van der Waals surface area (Å²) in [5.74, 6) is -0.552. The highest BCUT2D eigenvalue weighted by Gasteiger charge is 2.46. The lowest BCUT2D eigenvalue weighted by Crippen LogP contribution is -2.27. The molecule has 0 spiro atoms. The van der Waals surface area contributed by atoms with Gasteiger partial charge in [0.05, 0.1) is 11.2 Å². The van der Waals surface area contributed by atoms with Crippen molar-refractivity contribution in [1.82, 2.24) is 4.72 Å². The lowest BCUT2D eigenvalue weighted by molar-refractivity contribution is -0.122. The van der Waals surface area contributed by atoms with Gasteiger partial charge in [0.2, 0.25) is 15.9 Å². The number of carbonyl (C=O) groups excluding carboxylic acids is 1. The summed E-state index contributed by atoms with van der Waals surface area (Å²) in [4.78, 5) is 11.1. The van der Waals surface area contributed by atoms with Gasteiger partial charge in [0.15, 0.2) is 0 Å². The second kappa shape index (κ2) is 2.45. The topological polar surface area (TPSA) is 63.2 Å². The van der Waals surface area contributed by atoms with Crippen LogP contribution in [0.3, 0.4) is 0 Å². The normalized spacial score (nSPS) is 38.8. The fourth-order valence-electron chi connectivity index (χ4n) is 2.06. The third-order valence-electron chi connectivity index (χ3n) is 2.68. The Morgan fingerprint density at radius 1 is 1.25 bits per heavy atom. The molecule has 1 aliphatic heterocycles. The molecule has 0 radical (unpaired) electrons. The maximum atomic E-state index is 11.3. The molecule has 2 atom stereocenters. The van der Waals surface area contributed by atoms with Crippen LogP contribution in [0.5, 0.6) is 0 Å². The van der Waals surface area contributed by atoms with Crippen LogP contribution in [0.2, 0.25) is 0 Å². The Morgan fingerprint density at radius 2 is 1.92 bits per heavy atom. The Balaban J connectivity index is 2.34. The molecule has 68 valence electrons. The highest BCUT2D eigenvalue weighted by Crippen LogP contribution is 2.33. The van der Waals surface area contributed by atoms with Gasteiger partial charge in [-0.25, -0.2) is 8.42 Å². The van der Waals surface area contributed by atoms with Gasteiger partial charge in [-0.2, -0.15) is 0 Å². The van der Waals surface area contributed by atoms with Gasteiger partial charge in [-0.15, -0.1) is 0 Å². The summed E-state index contributed by atoms with van der Waals surface area (Å²) in [6, 6.07) is 0. The summed E-state index contributed by atoms with van der Waals surface area (Å²) in [6.07, 6.45) is 3.28. The molecule has 0 bridgehead atoms. The van der Waals surface area contributed by atoms with E-state index in [-0.39, 0.29) is 11.8 Å². The molecule has 0 aromatic heterocycles. The van der Waals surface area contributed by atoms with Crippen LogP contribution in [-0.2, 0) is 14.8 Å². The van der Waals surface area contributed by atoms with Crippen LogP contribution in [0, 0.1) is 5.92 Å². The monoisotopic (exact) mass is 189 g/mol. The fourth-order valence-corrected chi connectivity index (χ4v) is 3.81. The maximum Gasteiger partial charge on any atom is 0.238 e. The van der Waals surface area contributed by atoms with Crippen molar-refractivity contribution in [3.8, 4) is 0 Å². The molecule has 1 amide bonds. The van der Waals surface area contributed by atoms with E-state index in [0.29, 0.717) is 6.42 Å². The summed E-state index contributed by atoms with van der Waals surface area (Å²) in [7, 11) is -3.30. The van der Waals surface area contributed by atoms with Crippen LogP contribution in [0.4, 0.5) is 0 Å². The van der Waals surface area contributed by atoms with E-state index < -0.39 is 15.3 Å². The lowest BCUT2D eigenvalue weighted by atomic mass is 9.88. The Labute approximate surface area is 71.4 Å². The van der Waals surface area contributed by atoms with E-state index in [4.69, 9.17) is 0 Å². The van der Waals surface area contributed by atoms with Gasteiger partial charge < -0.3 is 0 Å². The first-order valence-electron chi connectivity index (χ1n) is 4.17. The predicted molar refractivity (Wildman–Crippen MR) is 42.8 cm³/mol. The molecule has 1 saturated heterocycles. The van der Waals surface area contributed by atoms with E-state index in [9.17, 15) is 13.2 Å². The molecule has 4 nitrogen and oxygen atoms in total. The third-order valence-corrected chi connectivity index (χ3v) is 4.53. The molecule has 2 aliphatic rings. The average molecular weight is 189 g/mol. The van der Waals surface area contributed by atoms with Crippen molar-refractivity contribution in [2.45, 2.75) is 30.9 Å². The summed E-state index contributed by atoms with van der Waals surface area (Å²) >= 11 is 0. The number of carbonyl (C=O) groups is 1. The quantitative estimate of drug-likeness (QED) is 0.583. The van der Waals surface area contributed by atoms with Crippen molar-refractivity contribution < 1.29 is 13.2 Å². The Bertz CT molecular complexity index is 309. The van der Waals surface area contributed by atoms with Gasteiger partial charge in [0.25, 0.3) is 0 Å². The first-order valence-corrected chi connectivity index (χ1v) is 5.71. The van der Waals surface area contributed by atoms with Gasteiger partial charge in [0, 0.05) is 0 Å². The van der Waals surface area contributed by atoms with E-state index >= 15 is 0 Å². The molecule has 2 unspecified atom stereocenters. The zero-order valence-electron chi connectivity index (χ0n) is 6.62. The molecule has 2 rings (SSSR count). The molecule has 1 N–H and O–H groups in total. The molecule has 12 heavy (non-hydrogen) atoms.